The zero-order valence-corrected chi connectivity index (χ0v) is 9.73. The van der Waals surface area contributed by atoms with Gasteiger partial charge in [0.2, 0.25) is 0 Å². The quantitative estimate of drug-likeness (QED) is 0.910. The Kier molecular flexibility index (Phi) is 3.53. The Morgan fingerprint density at radius 3 is 2.39 bits per heavy atom. The van der Waals surface area contributed by atoms with Gasteiger partial charge in [-0.05, 0) is 31.2 Å². The van der Waals surface area contributed by atoms with Crippen molar-refractivity contribution >= 4 is 0 Å². The van der Waals surface area contributed by atoms with Crippen molar-refractivity contribution in [3.8, 4) is 11.5 Å². The molecule has 2 aromatic rings. The van der Waals surface area contributed by atoms with Crippen LogP contribution >= 0.6 is 0 Å². The predicted octanol–water partition coefficient (Wildman–Crippen LogP) is 3.17. The highest BCUT2D eigenvalue weighted by atomic mass is 19.2. The molecule has 18 heavy (non-hydrogen) atoms. The number of hydrogen-bond donors (Lipinski definition) is 1. The average Bonchev–Trinajstić information content (AvgIpc) is 2.34. The molecule has 0 unspecified atom stereocenters. The van der Waals surface area contributed by atoms with E-state index in [4.69, 9.17) is 10.5 Å². The Labute approximate surface area is 103 Å². The summed E-state index contributed by atoms with van der Waals surface area (Å²) < 4.78 is 31.0. The van der Waals surface area contributed by atoms with Crippen LogP contribution in [0.4, 0.5) is 8.78 Å². The van der Waals surface area contributed by atoms with Gasteiger partial charge in [-0.25, -0.2) is 8.78 Å². The molecule has 0 amide bonds. The van der Waals surface area contributed by atoms with Gasteiger partial charge >= 0.3 is 0 Å². The lowest BCUT2D eigenvalue weighted by Gasteiger charge is -2.08. The van der Waals surface area contributed by atoms with Crippen molar-refractivity contribution in [3.05, 3.63) is 53.9 Å². The third-order valence-electron chi connectivity index (χ3n) is 2.35. The summed E-state index contributed by atoms with van der Waals surface area (Å²) in [7, 11) is 0. The van der Waals surface area contributed by atoms with Crippen LogP contribution in [0.25, 0.3) is 0 Å². The first kappa shape index (κ1) is 12.4. The molecule has 0 aliphatic carbocycles. The molecule has 1 aromatic carbocycles. The molecule has 0 bridgehead atoms. The van der Waals surface area contributed by atoms with Crippen LogP contribution in [0.1, 0.15) is 18.7 Å². The van der Waals surface area contributed by atoms with E-state index in [0.717, 1.165) is 17.8 Å². The first-order chi connectivity index (χ1) is 8.56. The molecule has 0 fully saturated rings. The van der Waals surface area contributed by atoms with Crippen molar-refractivity contribution in [1.82, 2.24) is 4.98 Å². The van der Waals surface area contributed by atoms with Crippen LogP contribution in [0.5, 0.6) is 11.5 Å². The van der Waals surface area contributed by atoms with Gasteiger partial charge in [0.05, 0.1) is 11.9 Å². The minimum Gasteiger partial charge on any atom is -0.456 e. The fourth-order valence-electron chi connectivity index (χ4n) is 1.40. The first-order valence-electron chi connectivity index (χ1n) is 5.40. The van der Waals surface area contributed by atoms with Gasteiger partial charge in [0.25, 0.3) is 0 Å². The normalized spacial score (nSPS) is 12.2. The van der Waals surface area contributed by atoms with Crippen LogP contribution in [0, 0.1) is 11.6 Å². The summed E-state index contributed by atoms with van der Waals surface area (Å²) in [6.45, 7) is 1.82. The zero-order chi connectivity index (χ0) is 13.1. The third kappa shape index (κ3) is 2.81. The van der Waals surface area contributed by atoms with E-state index in [-0.39, 0.29) is 11.8 Å². The molecule has 94 valence electrons. The van der Waals surface area contributed by atoms with Gasteiger partial charge in [0.1, 0.15) is 11.5 Å². The fraction of sp³-hybridized carbons (Fsp3) is 0.154. The number of benzene rings is 1. The van der Waals surface area contributed by atoms with Gasteiger partial charge in [0.15, 0.2) is 11.6 Å². The molecular formula is C13H12F2N2O. The van der Waals surface area contributed by atoms with E-state index in [1.54, 1.807) is 12.1 Å². The van der Waals surface area contributed by atoms with Crippen LogP contribution in [0.2, 0.25) is 0 Å². The molecular weight excluding hydrogens is 238 g/mol. The molecule has 2 N–H and O–H groups in total. The number of aromatic nitrogens is 1. The number of ether oxygens (including phenoxy) is 1. The molecule has 2 rings (SSSR count). The zero-order valence-electron chi connectivity index (χ0n) is 9.73. The Morgan fingerprint density at radius 1 is 1.11 bits per heavy atom. The maximum atomic E-state index is 13.0. The van der Waals surface area contributed by atoms with E-state index in [0.29, 0.717) is 5.75 Å². The summed E-state index contributed by atoms with van der Waals surface area (Å²) in [6.07, 6.45) is 1.49. The second kappa shape index (κ2) is 5.10. The van der Waals surface area contributed by atoms with E-state index >= 15 is 0 Å². The highest BCUT2D eigenvalue weighted by Crippen LogP contribution is 2.23. The van der Waals surface area contributed by atoms with Crippen molar-refractivity contribution in [2.24, 2.45) is 5.73 Å². The second-order valence-electron chi connectivity index (χ2n) is 3.89. The molecule has 0 spiro atoms. The summed E-state index contributed by atoms with van der Waals surface area (Å²) in [5, 5.41) is 0. The van der Waals surface area contributed by atoms with Crippen LogP contribution in [0.3, 0.4) is 0 Å². The van der Waals surface area contributed by atoms with Crippen molar-refractivity contribution < 1.29 is 13.5 Å². The molecule has 1 aromatic heterocycles. The van der Waals surface area contributed by atoms with E-state index in [9.17, 15) is 8.78 Å². The number of nitrogens with zero attached hydrogens (tertiary/aromatic N) is 1. The van der Waals surface area contributed by atoms with Gasteiger partial charge < -0.3 is 10.5 Å². The summed E-state index contributed by atoms with van der Waals surface area (Å²) in [4.78, 5) is 4.10. The van der Waals surface area contributed by atoms with E-state index < -0.39 is 11.6 Å². The van der Waals surface area contributed by atoms with Crippen LogP contribution in [-0.2, 0) is 0 Å². The maximum Gasteiger partial charge on any atom is 0.162 e. The molecule has 0 saturated carbocycles. The van der Waals surface area contributed by atoms with Gasteiger partial charge in [-0.3, -0.25) is 4.98 Å². The SMILES string of the molecule is C[C@@H](N)c1ccc(Oc2ccc(F)c(F)c2)cn1. The molecule has 0 radical (unpaired) electrons. The average molecular weight is 250 g/mol. The summed E-state index contributed by atoms with van der Waals surface area (Å²) >= 11 is 0. The van der Waals surface area contributed by atoms with Crippen LogP contribution in [0.15, 0.2) is 36.5 Å². The van der Waals surface area contributed by atoms with Gasteiger partial charge in [-0.1, -0.05) is 0 Å². The van der Waals surface area contributed by atoms with E-state index in [1.165, 1.54) is 12.3 Å². The molecule has 0 aliphatic rings. The summed E-state index contributed by atoms with van der Waals surface area (Å²) in [5.74, 6) is -1.21. The number of halogens is 2. The molecule has 1 heterocycles. The number of pyridine rings is 1. The molecule has 5 heteroatoms. The van der Waals surface area contributed by atoms with Crippen LogP contribution < -0.4 is 10.5 Å². The minimum absolute atomic E-state index is 0.165. The monoisotopic (exact) mass is 250 g/mol. The molecule has 3 nitrogen and oxygen atoms in total. The lowest BCUT2D eigenvalue weighted by atomic mass is 10.2. The predicted molar refractivity (Wildman–Crippen MR) is 63.3 cm³/mol. The third-order valence-corrected chi connectivity index (χ3v) is 2.35. The van der Waals surface area contributed by atoms with Crippen molar-refractivity contribution in [3.63, 3.8) is 0 Å². The Morgan fingerprint density at radius 2 is 1.83 bits per heavy atom. The summed E-state index contributed by atoms with van der Waals surface area (Å²) in [6, 6.07) is 6.57. The standard InChI is InChI=1S/C13H12F2N2O/c1-8(16)13-5-3-10(7-17-13)18-9-2-4-11(14)12(15)6-9/h2-8H,16H2,1H3/t8-/m1/s1. The lowest BCUT2D eigenvalue weighted by Crippen LogP contribution is -2.06. The fourth-order valence-corrected chi connectivity index (χ4v) is 1.40. The first-order valence-corrected chi connectivity index (χ1v) is 5.40. The Bertz CT molecular complexity index is 541. The Balaban J connectivity index is 2.15. The number of rotatable bonds is 3. The van der Waals surface area contributed by atoms with E-state index in [2.05, 4.69) is 4.98 Å². The number of nitrogens with two attached hydrogens (primary N) is 1. The lowest BCUT2D eigenvalue weighted by molar-refractivity contribution is 0.459. The van der Waals surface area contributed by atoms with Gasteiger partial charge in [-0.15, -0.1) is 0 Å². The Hall–Kier alpha value is -2.01. The van der Waals surface area contributed by atoms with E-state index in [1.807, 2.05) is 6.92 Å². The topological polar surface area (TPSA) is 48.1 Å². The second-order valence-corrected chi connectivity index (χ2v) is 3.89. The highest BCUT2D eigenvalue weighted by molar-refractivity contribution is 5.30. The van der Waals surface area contributed by atoms with Gasteiger partial charge in [0, 0.05) is 12.1 Å². The van der Waals surface area contributed by atoms with Crippen molar-refractivity contribution in [2.75, 3.05) is 0 Å². The smallest absolute Gasteiger partial charge is 0.162 e. The highest BCUT2D eigenvalue weighted by Gasteiger charge is 2.05. The summed E-state index contributed by atoms with van der Waals surface area (Å²) in [5.41, 5.74) is 6.39. The minimum atomic E-state index is -0.951. The largest absolute Gasteiger partial charge is 0.456 e. The maximum absolute atomic E-state index is 13.0. The molecule has 0 aliphatic heterocycles. The van der Waals surface area contributed by atoms with Crippen molar-refractivity contribution in [1.29, 1.82) is 0 Å². The number of hydrogen-bond acceptors (Lipinski definition) is 3. The molecule has 1 atom stereocenters. The van der Waals surface area contributed by atoms with Crippen LogP contribution in [-0.4, -0.2) is 4.98 Å². The molecule has 0 saturated heterocycles. The van der Waals surface area contributed by atoms with Gasteiger partial charge in [-0.2, -0.15) is 0 Å². The van der Waals surface area contributed by atoms with Crippen molar-refractivity contribution in [2.45, 2.75) is 13.0 Å².